The zero-order valence-electron chi connectivity index (χ0n) is 14.7. The number of halogens is 4. The van der Waals surface area contributed by atoms with Gasteiger partial charge in [0.05, 0.1) is 18.8 Å². The summed E-state index contributed by atoms with van der Waals surface area (Å²) in [6, 6.07) is 8.68. The summed E-state index contributed by atoms with van der Waals surface area (Å²) in [7, 11) is 0. The molecule has 2 N–H and O–H groups in total. The Balaban J connectivity index is 0.00000364. The number of ether oxygens (including phenoxy) is 1. The number of aromatic nitrogens is 2. The van der Waals surface area contributed by atoms with Gasteiger partial charge in [-0.15, -0.1) is 24.0 Å². The van der Waals surface area contributed by atoms with Crippen LogP contribution in [0.25, 0.3) is 0 Å². The van der Waals surface area contributed by atoms with E-state index in [1.54, 1.807) is 12.3 Å². The van der Waals surface area contributed by atoms with Gasteiger partial charge in [-0.2, -0.15) is 13.2 Å². The highest BCUT2D eigenvalue weighted by Crippen LogP contribution is 2.17. The maximum Gasteiger partial charge on any atom is 0.422 e. The van der Waals surface area contributed by atoms with Crippen LogP contribution in [0, 0.1) is 0 Å². The van der Waals surface area contributed by atoms with Gasteiger partial charge in [-0.05, 0) is 24.6 Å². The van der Waals surface area contributed by atoms with Crippen LogP contribution in [0.4, 0.5) is 13.2 Å². The van der Waals surface area contributed by atoms with Crippen LogP contribution < -0.4 is 15.4 Å². The molecule has 0 fully saturated rings. The Labute approximate surface area is 172 Å². The van der Waals surface area contributed by atoms with Crippen molar-refractivity contribution in [3.05, 3.63) is 54.0 Å². The Bertz CT molecular complexity index is 696. The van der Waals surface area contributed by atoms with E-state index in [0.29, 0.717) is 25.6 Å². The smallest absolute Gasteiger partial charge is 0.422 e. The zero-order chi connectivity index (χ0) is 18.8. The summed E-state index contributed by atoms with van der Waals surface area (Å²) in [4.78, 5) is 12.5. The van der Waals surface area contributed by atoms with Gasteiger partial charge < -0.3 is 15.4 Å². The number of pyridine rings is 2. The highest BCUT2D eigenvalue weighted by molar-refractivity contribution is 14.0. The van der Waals surface area contributed by atoms with E-state index in [4.69, 9.17) is 0 Å². The molecule has 0 aliphatic carbocycles. The van der Waals surface area contributed by atoms with E-state index >= 15 is 0 Å². The molecule has 148 valence electrons. The molecule has 27 heavy (non-hydrogen) atoms. The van der Waals surface area contributed by atoms with Gasteiger partial charge in [0, 0.05) is 25.0 Å². The minimum atomic E-state index is -4.38. The van der Waals surface area contributed by atoms with Gasteiger partial charge in [-0.3, -0.25) is 4.98 Å². The minimum Gasteiger partial charge on any atom is -0.468 e. The molecule has 0 saturated carbocycles. The van der Waals surface area contributed by atoms with Crippen LogP contribution in [-0.4, -0.2) is 35.3 Å². The molecular formula is C17H21F3IN5O. The average molecular weight is 495 g/mol. The molecule has 0 unspecified atom stereocenters. The number of hydrogen-bond donors (Lipinski definition) is 2. The number of alkyl halides is 3. The lowest BCUT2D eigenvalue weighted by molar-refractivity contribution is -0.154. The molecule has 0 saturated heterocycles. The largest absolute Gasteiger partial charge is 0.468 e. The molecule has 0 aliphatic rings. The van der Waals surface area contributed by atoms with Gasteiger partial charge in [0.2, 0.25) is 5.88 Å². The SMILES string of the molecule is CCNC(=NCc1ccc(OCC(F)(F)F)nc1)NCc1ccccn1.I. The molecule has 0 aromatic carbocycles. The first kappa shape index (κ1) is 22.9. The lowest BCUT2D eigenvalue weighted by atomic mass is 10.3. The molecular weight excluding hydrogens is 474 g/mol. The van der Waals surface area contributed by atoms with E-state index in [1.165, 1.54) is 12.3 Å². The second kappa shape index (κ2) is 11.6. The summed E-state index contributed by atoms with van der Waals surface area (Å²) in [5.41, 5.74) is 1.63. The fraction of sp³-hybridized carbons (Fsp3) is 0.353. The standard InChI is InChI=1S/C17H20F3N5O.HI/c1-2-21-16(25-11-14-5-3-4-8-22-14)24-10-13-6-7-15(23-9-13)26-12-17(18,19)20;/h3-9H,2,10-12H2,1H3,(H2,21,24,25);1H. The number of rotatable bonds is 7. The molecule has 0 atom stereocenters. The summed E-state index contributed by atoms with van der Waals surface area (Å²) in [5, 5.41) is 6.27. The van der Waals surface area contributed by atoms with Crippen LogP contribution in [0.3, 0.4) is 0 Å². The van der Waals surface area contributed by atoms with Crippen molar-refractivity contribution in [2.24, 2.45) is 4.99 Å². The number of hydrogen-bond acceptors (Lipinski definition) is 4. The highest BCUT2D eigenvalue weighted by Gasteiger charge is 2.28. The van der Waals surface area contributed by atoms with E-state index in [0.717, 1.165) is 11.3 Å². The number of aliphatic imine (C=N–C) groups is 1. The summed E-state index contributed by atoms with van der Waals surface area (Å²) >= 11 is 0. The monoisotopic (exact) mass is 495 g/mol. The van der Waals surface area contributed by atoms with Crippen molar-refractivity contribution < 1.29 is 17.9 Å². The van der Waals surface area contributed by atoms with E-state index in [1.807, 2.05) is 25.1 Å². The molecule has 10 heteroatoms. The number of nitrogens with zero attached hydrogens (tertiary/aromatic N) is 3. The third-order valence-corrected chi connectivity index (χ3v) is 3.11. The maximum atomic E-state index is 12.1. The molecule has 0 spiro atoms. The highest BCUT2D eigenvalue weighted by atomic mass is 127. The zero-order valence-corrected chi connectivity index (χ0v) is 17.0. The van der Waals surface area contributed by atoms with Gasteiger partial charge in [-0.25, -0.2) is 9.98 Å². The van der Waals surface area contributed by atoms with Gasteiger partial charge in [0.1, 0.15) is 0 Å². The van der Waals surface area contributed by atoms with E-state index in [2.05, 4.69) is 30.3 Å². The Morgan fingerprint density at radius 1 is 1.15 bits per heavy atom. The van der Waals surface area contributed by atoms with Crippen LogP contribution in [0.15, 0.2) is 47.7 Å². The lowest BCUT2D eigenvalue weighted by Gasteiger charge is -2.11. The Hall–Kier alpha value is -2.11. The van der Waals surface area contributed by atoms with Crippen molar-refractivity contribution in [3.8, 4) is 5.88 Å². The van der Waals surface area contributed by atoms with Crippen LogP contribution in [0.1, 0.15) is 18.2 Å². The molecule has 2 rings (SSSR count). The first-order valence-electron chi connectivity index (χ1n) is 8.03. The molecule has 0 bridgehead atoms. The van der Waals surface area contributed by atoms with Crippen molar-refractivity contribution in [2.45, 2.75) is 26.2 Å². The second-order valence-corrected chi connectivity index (χ2v) is 5.28. The summed E-state index contributed by atoms with van der Waals surface area (Å²) < 4.78 is 40.9. The summed E-state index contributed by atoms with van der Waals surface area (Å²) in [5.74, 6) is 0.533. The van der Waals surface area contributed by atoms with Crippen LogP contribution in [-0.2, 0) is 13.1 Å². The molecule has 2 heterocycles. The fourth-order valence-corrected chi connectivity index (χ4v) is 1.93. The van der Waals surface area contributed by atoms with Gasteiger partial charge in [0.15, 0.2) is 12.6 Å². The Kier molecular flexibility index (Phi) is 9.83. The van der Waals surface area contributed by atoms with Crippen molar-refractivity contribution in [3.63, 3.8) is 0 Å². The Morgan fingerprint density at radius 3 is 2.56 bits per heavy atom. The molecule has 2 aromatic rings. The Morgan fingerprint density at radius 2 is 1.96 bits per heavy atom. The van der Waals surface area contributed by atoms with Crippen LogP contribution >= 0.6 is 24.0 Å². The molecule has 0 radical (unpaired) electrons. The third kappa shape index (κ3) is 9.40. The topological polar surface area (TPSA) is 71.4 Å². The third-order valence-electron chi connectivity index (χ3n) is 3.11. The quantitative estimate of drug-likeness (QED) is 0.351. The first-order valence-corrected chi connectivity index (χ1v) is 8.03. The molecule has 2 aromatic heterocycles. The van der Waals surface area contributed by atoms with Crippen LogP contribution in [0.5, 0.6) is 5.88 Å². The number of nitrogens with one attached hydrogen (secondary N) is 2. The maximum absolute atomic E-state index is 12.1. The summed E-state index contributed by atoms with van der Waals surface area (Å²) in [6.07, 6.45) is -1.22. The minimum absolute atomic E-state index is 0. The van der Waals surface area contributed by atoms with Crippen molar-refractivity contribution in [1.82, 2.24) is 20.6 Å². The van der Waals surface area contributed by atoms with Crippen LogP contribution in [0.2, 0.25) is 0 Å². The van der Waals surface area contributed by atoms with Gasteiger partial charge in [0.25, 0.3) is 0 Å². The normalized spacial score (nSPS) is 11.5. The predicted octanol–water partition coefficient (Wildman–Crippen LogP) is 3.29. The lowest BCUT2D eigenvalue weighted by Crippen LogP contribution is -2.37. The first-order chi connectivity index (χ1) is 12.5. The van der Waals surface area contributed by atoms with Crippen molar-refractivity contribution in [2.75, 3.05) is 13.2 Å². The molecule has 0 amide bonds. The van der Waals surface area contributed by atoms with Gasteiger partial charge >= 0.3 is 6.18 Å². The molecule has 6 nitrogen and oxygen atoms in total. The van der Waals surface area contributed by atoms with Crippen molar-refractivity contribution >= 4 is 29.9 Å². The second-order valence-electron chi connectivity index (χ2n) is 5.28. The van der Waals surface area contributed by atoms with E-state index in [9.17, 15) is 13.2 Å². The van der Waals surface area contributed by atoms with E-state index in [-0.39, 0.29) is 29.9 Å². The molecule has 0 aliphatic heterocycles. The van der Waals surface area contributed by atoms with Crippen molar-refractivity contribution in [1.29, 1.82) is 0 Å². The van der Waals surface area contributed by atoms with Gasteiger partial charge in [-0.1, -0.05) is 12.1 Å². The predicted molar refractivity (Wildman–Crippen MR) is 107 cm³/mol. The fourth-order valence-electron chi connectivity index (χ4n) is 1.93. The van der Waals surface area contributed by atoms with E-state index < -0.39 is 12.8 Å². The summed E-state index contributed by atoms with van der Waals surface area (Å²) in [6.45, 7) is 2.13. The average Bonchev–Trinajstić information content (AvgIpc) is 2.63. The number of guanidine groups is 1.